The van der Waals surface area contributed by atoms with E-state index in [1.165, 1.54) is 6.92 Å². The van der Waals surface area contributed by atoms with Crippen molar-refractivity contribution < 1.29 is 18.7 Å². The third-order valence-corrected chi connectivity index (χ3v) is 2.63. The summed E-state index contributed by atoms with van der Waals surface area (Å²) in [7, 11) is 0. The number of rotatable bonds is 4. The third-order valence-electron chi connectivity index (χ3n) is 1.65. The van der Waals surface area contributed by atoms with Gasteiger partial charge in [0.25, 0.3) is 0 Å². The Morgan fingerprint density at radius 2 is 2.25 bits per heavy atom. The standard InChI is InChI=1S/C8H8F2N2O3S/c1-3-5(7(13)14)6(12-8(15)11-3)16-2-4(9)10/h4H,2H2,1H3,(H,13,14)(H,11,12,15). The van der Waals surface area contributed by atoms with Crippen molar-refractivity contribution in [3.63, 3.8) is 0 Å². The number of alkyl halides is 2. The van der Waals surface area contributed by atoms with Crippen LogP contribution in [-0.2, 0) is 0 Å². The highest BCUT2D eigenvalue weighted by atomic mass is 32.2. The molecule has 0 aromatic carbocycles. The van der Waals surface area contributed by atoms with Crippen molar-refractivity contribution >= 4 is 17.7 Å². The quantitative estimate of drug-likeness (QED) is 0.618. The smallest absolute Gasteiger partial charge is 0.346 e. The Balaban J connectivity index is 3.14. The number of H-pyrrole nitrogens is 1. The number of halogens is 2. The van der Waals surface area contributed by atoms with Crippen LogP contribution in [0.5, 0.6) is 0 Å². The maximum atomic E-state index is 12.0. The Bertz CT molecular complexity index is 461. The number of carboxylic acid groups (broad SMARTS) is 1. The maximum absolute atomic E-state index is 12.0. The summed E-state index contributed by atoms with van der Waals surface area (Å²) in [4.78, 5) is 27.4. The van der Waals surface area contributed by atoms with E-state index in [1.807, 2.05) is 0 Å². The molecule has 0 aliphatic heterocycles. The van der Waals surface area contributed by atoms with Gasteiger partial charge in [-0.25, -0.2) is 18.4 Å². The first-order valence-electron chi connectivity index (χ1n) is 4.17. The minimum Gasteiger partial charge on any atom is -0.478 e. The van der Waals surface area contributed by atoms with E-state index < -0.39 is 23.8 Å². The summed E-state index contributed by atoms with van der Waals surface area (Å²) in [5.74, 6) is -1.91. The van der Waals surface area contributed by atoms with Crippen molar-refractivity contribution in [2.24, 2.45) is 0 Å². The second-order valence-corrected chi connectivity index (χ2v) is 3.86. The Morgan fingerprint density at radius 1 is 1.62 bits per heavy atom. The second-order valence-electron chi connectivity index (χ2n) is 2.85. The van der Waals surface area contributed by atoms with Crippen LogP contribution in [0.3, 0.4) is 0 Å². The van der Waals surface area contributed by atoms with Crippen LogP contribution in [-0.4, -0.2) is 33.2 Å². The van der Waals surface area contributed by atoms with Crippen molar-refractivity contribution in [3.05, 3.63) is 21.7 Å². The summed E-state index contributed by atoms with van der Waals surface area (Å²) in [5.41, 5.74) is -0.895. The average molecular weight is 250 g/mol. The Hall–Kier alpha value is -1.44. The van der Waals surface area contributed by atoms with Crippen LogP contribution in [0.2, 0.25) is 0 Å². The zero-order valence-electron chi connectivity index (χ0n) is 8.16. The summed E-state index contributed by atoms with van der Waals surface area (Å²) in [6, 6.07) is 0. The summed E-state index contributed by atoms with van der Waals surface area (Å²) >= 11 is 0.550. The van der Waals surface area contributed by atoms with E-state index in [0.29, 0.717) is 11.8 Å². The van der Waals surface area contributed by atoms with Crippen LogP contribution in [0.1, 0.15) is 16.1 Å². The molecule has 1 aromatic heterocycles. The Kier molecular flexibility index (Phi) is 3.99. The van der Waals surface area contributed by atoms with Gasteiger partial charge < -0.3 is 10.1 Å². The number of hydrogen-bond donors (Lipinski definition) is 2. The highest BCUT2D eigenvalue weighted by Crippen LogP contribution is 2.22. The van der Waals surface area contributed by atoms with Crippen molar-refractivity contribution in [2.45, 2.75) is 18.4 Å². The molecule has 5 nitrogen and oxygen atoms in total. The van der Waals surface area contributed by atoms with Crippen molar-refractivity contribution in [2.75, 3.05) is 5.75 Å². The van der Waals surface area contributed by atoms with Crippen LogP contribution in [0, 0.1) is 6.92 Å². The molecule has 0 aliphatic carbocycles. The first-order valence-corrected chi connectivity index (χ1v) is 5.15. The molecule has 0 spiro atoms. The number of aromatic amines is 1. The van der Waals surface area contributed by atoms with Crippen LogP contribution >= 0.6 is 11.8 Å². The fourth-order valence-electron chi connectivity index (χ4n) is 1.06. The van der Waals surface area contributed by atoms with Gasteiger partial charge in [-0.2, -0.15) is 4.98 Å². The lowest BCUT2D eigenvalue weighted by Gasteiger charge is -2.06. The number of carbonyl (C=O) groups is 1. The van der Waals surface area contributed by atoms with Crippen molar-refractivity contribution in [1.82, 2.24) is 9.97 Å². The van der Waals surface area contributed by atoms with Gasteiger partial charge in [-0.1, -0.05) is 11.8 Å². The SMILES string of the molecule is Cc1[nH]c(=O)nc(SCC(F)F)c1C(=O)O. The van der Waals surface area contributed by atoms with Crippen LogP contribution < -0.4 is 5.69 Å². The normalized spacial score (nSPS) is 10.8. The minimum atomic E-state index is -2.59. The fourth-order valence-corrected chi connectivity index (χ4v) is 1.87. The molecule has 16 heavy (non-hydrogen) atoms. The van der Waals surface area contributed by atoms with E-state index >= 15 is 0 Å². The molecule has 0 unspecified atom stereocenters. The Labute approximate surface area is 92.9 Å². The lowest BCUT2D eigenvalue weighted by atomic mass is 10.2. The first-order chi connectivity index (χ1) is 7.41. The molecule has 8 heteroatoms. The molecule has 0 radical (unpaired) electrons. The number of hydrogen-bond acceptors (Lipinski definition) is 4. The van der Waals surface area contributed by atoms with E-state index in [-0.39, 0.29) is 16.3 Å². The number of nitrogens with zero attached hydrogens (tertiary/aromatic N) is 1. The minimum absolute atomic E-state index is 0.101. The predicted octanol–water partition coefficient (Wildman–Crippen LogP) is 1.13. The number of aromatic carboxylic acids is 1. The fraction of sp³-hybridized carbons (Fsp3) is 0.375. The third kappa shape index (κ3) is 3.02. The Morgan fingerprint density at radius 3 is 2.75 bits per heavy atom. The van der Waals surface area contributed by atoms with E-state index in [0.717, 1.165) is 0 Å². The summed E-state index contributed by atoms with van der Waals surface area (Å²) < 4.78 is 23.9. The van der Waals surface area contributed by atoms with Crippen LogP contribution in [0.15, 0.2) is 9.82 Å². The molecule has 0 fully saturated rings. The highest BCUT2D eigenvalue weighted by molar-refractivity contribution is 7.99. The molecule has 88 valence electrons. The maximum Gasteiger partial charge on any atom is 0.346 e. The van der Waals surface area contributed by atoms with Gasteiger partial charge in [-0.15, -0.1) is 0 Å². The molecule has 0 amide bonds. The molecule has 0 bridgehead atoms. The molecule has 1 heterocycles. The molecule has 0 saturated heterocycles. The van der Waals surface area contributed by atoms with E-state index in [1.54, 1.807) is 0 Å². The summed E-state index contributed by atoms with van der Waals surface area (Å²) in [6.45, 7) is 1.37. The molecule has 1 aromatic rings. The van der Waals surface area contributed by atoms with Gasteiger partial charge in [0.05, 0.1) is 5.75 Å². The van der Waals surface area contributed by atoms with E-state index in [2.05, 4.69) is 9.97 Å². The lowest BCUT2D eigenvalue weighted by Crippen LogP contribution is -2.18. The highest BCUT2D eigenvalue weighted by Gasteiger charge is 2.18. The first kappa shape index (κ1) is 12.6. The van der Waals surface area contributed by atoms with Gasteiger partial charge in [0.15, 0.2) is 0 Å². The number of carboxylic acids is 1. The van der Waals surface area contributed by atoms with Gasteiger partial charge in [-0.3, -0.25) is 0 Å². The van der Waals surface area contributed by atoms with Crippen molar-refractivity contribution in [3.8, 4) is 0 Å². The predicted molar refractivity (Wildman–Crippen MR) is 53.3 cm³/mol. The number of aryl methyl sites for hydroxylation is 1. The van der Waals surface area contributed by atoms with E-state index in [4.69, 9.17) is 5.11 Å². The van der Waals surface area contributed by atoms with E-state index in [9.17, 15) is 18.4 Å². The van der Waals surface area contributed by atoms with Gasteiger partial charge in [0.2, 0.25) is 6.43 Å². The molecule has 2 N–H and O–H groups in total. The topological polar surface area (TPSA) is 83.0 Å². The second kappa shape index (κ2) is 5.06. The molecule has 0 aliphatic rings. The molecule has 0 saturated carbocycles. The zero-order valence-corrected chi connectivity index (χ0v) is 8.98. The lowest BCUT2D eigenvalue weighted by molar-refractivity contribution is 0.0690. The molecule has 0 atom stereocenters. The van der Waals surface area contributed by atoms with Crippen molar-refractivity contribution in [1.29, 1.82) is 0 Å². The van der Waals surface area contributed by atoms with Crippen LogP contribution in [0.4, 0.5) is 8.78 Å². The molecule has 1 rings (SSSR count). The van der Waals surface area contributed by atoms with Gasteiger partial charge in [-0.05, 0) is 6.92 Å². The van der Waals surface area contributed by atoms with Gasteiger partial charge >= 0.3 is 11.7 Å². The van der Waals surface area contributed by atoms with Gasteiger partial charge in [0.1, 0.15) is 10.6 Å². The number of nitrogens with one attached hydrogen (secondary N) is 1. The van der Waals surface area contributed by atoms with Crippen LogP contribution in [0.25, 0.3) is 0 Å². The monoisotopic (exact) mass is 250 g/mol. The molecular formula is C8H8F2N2O3S. The summed E-state index contributed by atoms with van der Waals surface area (Å²) in [6.07, 6.45) is -2.59. The zero-order chi connectivity index (χ0) is 12.3. The largest absolute Gasteiger partial charge is 0.478 e. The van der Waals surface area contributed by atoms with Gasteiger partial charge in [0, 0.05) is 5.69 Å². The number of aromatic nitrogens is 2. The summed E-state index contributed by atoms with van der Waals surface area (Å²) in [5, 5.41) is 8.65. The molecular weight excluding hydrogens is 242 g/mol. The number of thioether (sulfide) groups is 1. The average Bonchev–Trinajstić information content (AvgIpc) is 2.12.